The number of carbonyl (C=O) groups is 1. The normalized spacial score (nSPS) is 12.6. The summed E-state index contributed by atoms with van der Waals surface area (Å²) in [5.41, 5.74) is 0.593. The van der Waals surface area contributed by atoms with E-state index >= 15 is 0 Å². The van der Waals surface area contributed by atoms with Crippen molar-refractivity contribution < 1.29 is 40.7 Å². The molecular weight excluding hydrogens is 480 g/mol. The zero-order chi connectivity index (χ0) is 26.2. The Hall–Kier alpha value is -3.54. The average Bonchev–Trinajstić information content (AvgIpc) is 3.15. The molecule has 0 saturated carbocycles. The van der Waals surface area contributed by atoms with E-state index in [2.05, 4.69) is 4.98 Å². The van der Waals surface area contributed by atoms with E-state index in [1.165, 1.54) is 12.1 Å². The van der Waals surface area contributed by atoms with Crippen molar-refractivity contribution in [3.63, 3.8) is 0 Å². The van der Waals surface area contributed by atoms with Crippen LogP contribution in [0.3, 0.4) is 0 Å². The Morgan fingerprint density at radius 1 is 1.00 bits per heavy atom. The van der Waals surface area contributed by atoms with Gasteiger partial charge in [0.05, 0.1) is 6.54 Å². The molecule has 12 heteroatoms. The third-order valence-electron chi connectivity index (χ3n) is 5.50. The minimum absolute atomic E-state index is 0.146. The maximum Gasteiger partial charge on any atom is 0.430 e. The lowest BCUT2D eigenvalue weighted by Crippen LogP contribution is -2.53. The minimum Gasteiger partial charge on any atom is -0.441 e. The van der Waals surface area contributed by atoms with Crippen LogP contribution in [0.2, 0.25) is 0 Å². The van der Waals surface area contributed by atoms with E-state index in [-0.39, 0.29) is 12.4 Å². The third-order valence-corrected chi connectivity index (χ3v) is 5.50. The van der Waals surface area contributed by atoms with E-state index < -0.39 is 29.4 Å². The second-order valence-electron chi connectivity index (χ2n) is 7.73. The summed E-state index contributed by atoms with van der Waals surface area (Å²) in [5.74, 6) is 0.132. The molecule has 3 aromatic rings. The summed E-state index contributed by atoms with van der Waals surface area (Å²) in [6.45, 7) is 3.90. The molecule has 0 atom stereocenters. The number of rotatable bonds is 7. The van der Waals surface area contributed by atoms with Crippen LogP contribution in [0.1, 0.15) is 34.3 Å². The molecule has 0 aliphatic heterocycles. The summed E-state index contributed by atoms with van der Waals surface area (Å²) in [6.07, 6.45) is -11.9. The molecule has 0 saturated heterocycles. The largest absolute Gasteiger partial charge is 0.441 e. The van der Waals surface area contributed by atoms with E-state index in [1.807, 2.05) is 0 Å². The first kappa shape index (κ1) is 26.1. The number of hydrogen-bond acceptors (Lipinski definition) is 5. The van der Waals surface area contributed by atoms with E-state index in [4.69, 9.17) is 10.2 Å². The zero-order valence-electron chi connectivity index (χ0n) is 18.5. The van der Waals surface area contributed by atoms with E-state index in [9.17, 15) is 36.2 Å². The SMILES string of the molecule is CCN(Cc1nc(-c2ccc(C(N)=O)cc2)oc1C)c1ccc(C(O)(C(F)(F)F)C(F)(F)F)cc1. The fraction of sp³-hybridized carbons (Fsp3) is 0.304. The molecule has 0 fully saturated rings. The molecule has 1 heterocycles. The predicted molar refractivity (Wildman–Crippen MR) is 114 cm³/mol. The molecule has 0 aliphatic carbocycles. The van der Waals surface area contributed by atoms with Gasteiger partial charge in [0.1, 0.15) is 11.5 Å². The van der Waals surface area contributed by atoms with Crippen molar-refractivity contribution in [2.75, 3.05) is 11.4 Å². The van der Waals surface area contributed by atoms with E-state index in [0.29, 0.717) is 46.9 Å². The molecule has 0 spiro atoms. The highest BCUT2D eigenvalue weighted by atomic mass is 19.4. The summed E-state index contributed by atoms with van der Waals surface area (Å²) in [5, 5.41) is 9.56. The number of aromatic nitrogens is 1. The Bertz CT molecular complexity index is 1170. The Labute approximate surface area is 196 Å². The molecule has 3 rings (SSSR count). The van der Waals surface area contributed by atoms with Crippen molar-refractivity contribution in [2.45, 2.75) is 38.3 Å². The number of primary amides is 1. The Kier molecular flexibility index (Phi) is 6.89. The molecule has 188 valence electrons. The Morgan fingerprint density at radius 2 is 1.54 bits per heavy atom. The van der Waals surface area contributed by atoms with Crippen LogP contribution in [-0.2, 0) is 12.1 Å². The second-order valence-corrected chi connectivity index (χ2v) is 7.73. The number of aliphatic hydroxyl groups is 1. The van der Waals surface area contributed by atoms with Crippen LogP contribution >= 0.6 is 0 Å². The molecule has 6 nitrogen and oxygen atoms in total. The number of halogens is 6. The number of amides is 1. The van der Waals surface area contributed by atoms with Gasteiger partial charge in [-0.15, -0.1) is 0 Å². The topological polar surface area (TPSA) is 92.6 Å². The van der Waals surface area contributed by atoms with Gasteiger partial charge in [-0.25, -0.2) is 4.98 Å². The van der Waals surface area contributed by atoms with Crippen LogP contribution in [-0.4, -0.2) is 34.9 Å². The van der Waals surface area contributed by atoms with Crippen molar-refractivity contribution >= 4 is 11.6 Å². The van der Waals surface area contributed by atoms with Gasteiger partial charge in [0.15, 0.2) is 0 Å². The smallest absolute Gasteiger partial charge is 0.430 e. The van der Waals surface area contributed by atoms with E-state index in [1.54, 1.807) is 30.9 Å². The molecule has 1 aromatic heterocycles. The van der Waals surface area contributed by atoms with Crippen molar-refractivity contribution in [2.24, 2.45) is 5.73 Å². The van der Waals surface area contributed by atoms with Crippen LogP contribution in [0.15, 0.2) is 52.9 Å². The van der Waals surface area contributed by atoms with Crippen LogP contribution in [0, 0.1) is 6.92 Å². The zero-order valence-corrected chi connectivity index (χ0v) is 18.5. The number of oxazole rings is 1. The summed E-state index contributed by atoms with van der Waals surface area (Å²) >= 11 is 0. The van der Waals surface area contributed by atoms with Gasteiger partial charge < -0.3 is 20.2 Å². The Balaban J connectivity index is 1.86. The van der Waals surface area contributed by atoms with Crippen LogP contribution in [0.25, 0.3) is 11.5 Å². The first-order chi connectivity index (χ1) is 16.2. The highest BCUT2D eigenvalue weighted by Gasteiger charge is 2.71. The monoisotopic (exact) mass is 501 g/mol. The number of hydrogen-bond donors (Lipinski definition) is 2. The maximum absolute atomic E-state index is 13.1. The number of nitrogens with zero attached hydrogens (tertiary/aromatic N) is 2. The lowest BCUT2D eigenvalue weighted by Gasteiger charge is -2.33. The molecule has 2 aromatic carbocycles. The summed E-state index contributed by atoms with van der Waals surface area (Å²) in [6, 6.07) is 9.57. The summed E-state index contributed by atoms with van der Waals surface area (Å²) < 4.78 is 84.4. The molecule has 1 amide bonds. The molecule has 0 unspecified atom stereocenters. The van der Waals surface area contributed by atoms with Crippen LogP contribution < -0.4 is 10.6 Å². The fourth-order valence-electron chi connectivity index (χ4n) is 3.44. The predicted octanol–water partition coefficient (Wildman–Crippen LogP) is 5.09. The van der Waals surface area contributed by atoms with Crippen molar-refractivity contribution in [1.82, 2.24) is 4.98 Å². The van der Waals surface area contributed by atoms with Crippen molar-refractivity contribution in [3.05, 3.63) is 71.1 Å². The molecular formula is C23H21F6N3O3. The van der Waals surface area contributed by atoms with Gasteiger partial charge in [-0.2, -0.15) is 26.3 Å². The molecule has 35 heavy (non-hydrogen) atoms. The third kappa shape index (κ3) is 4.97. The summed E-state index contributed by atoms with van der Waals surface area (Å²) in [7, 11) is 0. The number of anilines is 1. The fourth-order valence-corrected chi connectivity index (χ4v) is 3.44. The highest BCUT2D eigenvalue weighted by Crippen LogP contribution is 2.50. The standard InChI is InChI=1S/C23H21F6N3O3/c1-3-32(17-10-8-16(9-11-17)21(34,22(24,25)26)23(27,28)29)12-18-13(2)35-20(31-18)15-6-4-14(5-7-15)19(30)33/h4-11,34H,3,12H2,1-2H3,(H2,30,33). The van der Waals surface area contributed by atoms with Crippen molar-refractivity contribution in [3.8, 4) is 11.5 Å². The number of aryl methyl sites for hydroxylation is 1. The first-order valence-corrected chi connectivity index (χ1v) is 10.3. The second kappa shape index (κ2) is 9.25. The average molecular weight is 501 g/mol. The van der Waals surface area contributed by atoms with Gasteiger partial charge in [0, 0.05) is 28.9 Å². The molecule has 3 N–H and O–H groups in total. The van der Waals surface area contributed by atoms with Crippen LogP contribution in [0.5, 0.6) is 0 Å². The number of benzene rings is 2. The van der Waals surface area contributed by atoms with Gasteiger partial charge in [-0.1, -0.05) is 12.1 Å². The van der Waals surface area contributed by atoms with Crippen molar-refractivity contribution in [1.29, 1.82) is 0 Å². The van der Waals surface area contributed by atoms with E-state index in [0.717, 1.165) is 12.1 Å². The van der Waals surface area contributed by atoms with Gasteiger partial charge in [0.25, 0.3) is 5.60 Å². The number of alkyl halides is 6. The molecule has 0 radical (unpaired) electrons. The lowest BCUT2D eigenvalue weighted by molar-refractivity contribution is -0.376. The van der Waals surface area contributed by atoms with Gasteiger partial charge in [0.2, 0.25) is 11.8 Å². The quantitative estimate of drug-likeness (QED) is 0.440. The first-order valence-electron chi connectivity index (χ1n) is 10.3. The summed E-state index contributed by atoms with van der Waals surface area (Å²) in [4.78, 5) is 17.3. The van der Waals surface area contributed by atoms with Gasteiger partial charge in [-0.3, -0.25) is 4.79 Å². The maximum atomic E-state index is 13.1. The number of carbonyl (C=O) groups excluding carboxylic acids is 1. The minimum atomic E-state index is -5.96. The number of nitrogens with two attached hydrogens (primary N) is 1. The lowest BCUT2D eigenvalue weighted by atomic mass is 9.92. The van der Waals surface area contributed by atoms with Gasteiger partial charge in [-0.05, 0) is 50.2 Å². The highest BCUT2D eigenvalue weighted by molar-refractivity contribution is 5.93. The molecule has 0 aliphatic rings. The molecule has 0 bridgehead atoms. The van der Waals surface area contributed by atoms with Crippen LogP contribution in [0.4, 0.5) is 32.0 Å². The van der Waals surface area contributed by atoms with Gasteiger partial charge >= 0.3 is 12.4 Å². The Morgan fingerprint density at radius 3 is 2.00 bits per heavy atom.